The fourth-order valence-corrected chi connectivity index (χ4v) is 4.97. The van der Waals surface area contributed by atoms with E-state index in [4.69, 9.17) is 27.9 Å². The van der Waals surface area contributed by atoms with Gasteiger partial charge in [-0.15, -0.1) is 5.10 Å². The molecule has 3 aromatic carbocycles. The van der Waals surface area contributed by atoms with Crippen LogP contribution in [0.4, 0.5) is 21.5 Å². The van der Waals surface area contributed by atoms with Crippen LogP contribution in [-0.2, 0) is 0 Å². The SMILES string of the molecule is [2H][C@](Nc1cc(Cl)c2ncc(C#N)c(Nc3cccc(Cl)c3OC)c2c1)(c1ccc(F)cc1)c1cn(C2CC2)nn1. The van der Waals surface area contributed by atoms with Crippen LogP contribution in [-0.4, -0.2) is 27.1 Å². The molecule has 1 atom stereocenters. The standard InChI is InChI=1S/C29H22Cl2FN7O/c1-40-29-22(30)3-2-4-24(29)36-26-17(13-33)14-34-28-21(26)11-19(12-23(28)31)35-27(16-5-7-18(32)8-6-16)25-15-39(38-37-25)20-9-10-20/h2-8,11-12,14-15,20,27,35H,9-10H2,1H3,(H,34,36)/t27-/m0/s1/i27D. The molecule has 8 nitrogen and oxygen atoms in total. The Morgan fingerprint density at radius 1 is 1.18 bits per heavy atom. The Balaban J connectivity index is 1.48. The van der Waals surface area contributed by atoms with Crippen LogP contribution in [0.25, 0.3) is 10.9 Å². The van der Waals surface area contributed by atoms with E-state index in [0.717, 1.165) is 12.8 Å². The van der Waals surface area contributed by atoms with Crippen LogP contribution in [0.1, 0.15) is 43.1 Å². The van der Waals surface area contributed by atoms with Crippen molar-refractivity contribution in [1.29, 1.82) is 5.26 Å². The second-order valence-corrected chi connectivity index (χ2v) is 10.1. The van der Waals surface area contributed by atoms with Crippen LogP contribution in [0.2, 0.25) is 10.0 Å². The number of rotatable bonds is 8. The number of methoxy groups -OCH3 is 1. The lowest BCUT2D eigenvalue weighted by molar-refractivity contribution is 0.417. The second-order valence-electron chi connectivity index (χ2n) is 9.28. The predicted octanol–water partition coefficient (Wildman–Crippen LogP) is 7.43. The number of anilines is 3. The lowest BCUT2D eigenvalue weighted by Crippen LogP contribution is -2.13. The number of pyridine rings is 1. The number of para-hydroxylation sites is 1. The minimum absolute atomic E-state index is 0.260. The molecule has 0 bridgehead atoms. The van der Waals surface area contributed by atoms with Crippen LogP contribution in [0.5, 0.6) is 5.75 Å². The third kappa shape index (κ3) is 4.99. The van der Waals surface area contributed by atoms with Gasteiger partial charge in [0.1, 0.15) is 17.6 Å². The Labute approximate surface area is 240 Å². The Bertz CT molecular complexity index is 1820. The van der Waals surface area contributed by atoms with Gasteiger partial charge in [0.15, 0.2) is 5.75 Å². The summed E-state index contributed by atoms with van der Waals surface area (Å²) in [7, 11) is 1.50. The van der Waals surface area contributed by atoms with Gasteiger partial charge in [-0.2, -0.15) is 5.26 Å². The molecule has 2 N–H and O–H groups in total. The summed E-state index contributed by atoms with van der Waals surface area (Å²) in [5.41, 5.74) is 2.90. The molecule has 6 rings (SSSR count). The van der Waals surface area contributed by atoms with Crippen molar-refractivity contribution in [2.75, 3.05) is 17.7 Å². The number of hydrogen-bond donors (Lipinski definition) is 2. The van der Waals surface area contributed by atoms with E-state index in [0.29, 0.717) is 55.0 Å². The van der Waals surface area contributed by atoms with E-state index >= 15 is 0 Å². The molecule has 2 heterocycles. The molecular weight excluding hydrogens is 552 g/mol. The Hall–Kier alpha value is -4.39. The first kappa shape index (κ1) is 24.6. The number of aromatic nitrogens is 4. The summed E-state index contributed by atoms with van der Waals surface area (Å²) in [5.74, 6) is -0.0163. The first-order valence-corrected chi connectivity index (χ1v) is 13.1. The third-order valence-electron chi connectivity index (χ3n) is 6.57. The van der Waals surface area contributed by atoms with Crippen molar-refractivity contribution in [3.05, 3.63) is 99.7 Å². The summed E-state index contributed by atoms with van der Waals surface area (Å²) in [6, 6.07) is 15.0. The van der Waals surface area contributed by atoms with E-state index in [1.54, 1.807) is 41.2 Å². The molecule has 0 saturated heterocycles. The summed E-state index contributed by atoms with van der Waals surface area (Å²) in [5, 5.41) is 26.2. The molecule has 200 valence electrons. The van der Waals surface area contributed by atoms with Crippen LogP contribution in [0, 0.1) is 17.1 Å². The largest absolute Gasteiger partial charge is 0.493 e. The highest BCUT2D eigenvalue weighted by atomic mass is 35.5. The molecule has 1 aliphatic rings. The molecule has 1 aliphatic carbocycles. The highest BCUT2D eigenvalue weighted by Gasteiger charge is 2.27. The van der Waals surface area contributed by atoms with Crippen LogP contribution in [0.3, 0.4) is 0 Å². The van der Waals surface area contributed by atoms with Crippen molar-refractivity contribution in [1.82, 2.24) is 20.0 Å². The Morgan fingerprint density at radius 3 is 2.70 bits per heavy atom. The fourth-order valence-electron chi connectivity index (χ4n) is 4.45. The first-order valence-electron chi connectivity index (χ1n) is 12.9. The van der Waals surface area contributed by atoms with Crippen molar-refractivity contribution in [2.24, 2.45) is 0 Å². The number of benzene rings is 3. The Morgan fingerprint density at radius 2 is 1.98 bits per heavy atom. The summed E-state index contributed by atoms with van der Waals surface area (Å²) >= 11 is 13.0. The molecular formula is C29H22Cl2FN7O. The molecule has 11 heteroatoms. The zero-order valence-electron chi connectivity index (χ0n) is 22.1. The van der Waals surface area contributed by atoms with Gasteiger partial charge in [-0.05, 0) is 54.8 Å². The number of nitrogens with one attached hydrogen (secondary N) is 2. The summed E-state index contributed by atoms with van der Waals surface area (Å²) in [4.78, 5) is 4.41. The normalized spacial score (nSPS) is 14.7. The average molecular weight is 575 g/mol. The molecule has 0 amide bonds. The molecule has 2 aromatic heterocycles. The number of fused-ring (bicyclic) bond motifs is 1. The summed E-state index contributed by atoms with van der Waals surface area (Å²) < 4.78 is 30.6. The van der Waals surface area contributed by atoms with E-state index in [1.807, 2.05) is 0 Å². The quantitative estimate of drug-likeness (QED) is 0.198. The Kier molecular flexibility index (Phi) is 6.55. The predicted molar refractivity (Wildman–Crippen MR) is 153 cm³/mol. The van der Waals surface area contributed by atoms with Crippen LogP contribution >= 0.6 is 23.2 Å². The molecule has 0 unspecified atom stereocenters. The maximum Gasteiger partial charge on any atom is 0.160 e. The van der Waals surface area contributed by atoms with Gasteiger partial charge in [-0.3, -0.25) is 4.98 Å². The lowest BCUT2D eigenvalue weighted by atomic mass is 10.0. The summed E-state index contributed by atoms with van der Waals surface area (Å²) in [6.07, 6.45) is 5.17. The van der Waals surface area contributed by atoms with Gasteiger partial charge in [-0.1, -0.05) is 46.6 Å². The smallest absolute Gasteiger partial charge is 0.160 e. The van der Waals surface area contributed by atoms with Gasteiger partial charge in [0.2, 0.25) is 0 Å². The van der Waals surface area contributed by atoms with E-state index < -0.39 is 11.8 Å². The van der Waals surface area contributed by atoms with E-state index in [1.165, 1.54) is 37.6 Å². The average Bonchev–Trinajstić information content (AvgIpc) is 3.69. The number of hydrogen-bond acceptors (Lipinski definition) is 7. The van der Waals surface area contributed by atoms with Gasteiger partial charge in [0.05, 0.1) is 59.2 Å². The van der Waals surface area contributed by atoms with E-state index in [2.05, 4.69) is 32.0 Å². The molecule has 0 radical (unpaired) electrons. The van der Waals surface area contributed by atoms with E-state index in [9.17, 15) is 11.0 Å². The molecule has 1 fully saturated rings. The van der Waals surface area contributed by atoms with Gasteiger partial charge >= 0.3 is 0 Å². The number of nitrogens with zero attached hydrogens (tertiary/aromatic N) is 5. The second kappa shape index (κ2) is 10.6. The molecule has 1 saturated carbocycles. The molecule has 0 aliphatic heterocycles. The highest BCUT2D eigenvalue weighted by Crippen LogP contribution is 2.40. The van der Waals surface area contributed by atoms with Gasteiger partial charge in [0, 0.05) is 17.3 Å². The third-order valence-corrected chi connectivity index (χ3v) is 7.15. The molecule has 0 spiro atoms. The highest BCUT2D eigenvalue weighted by molar-refractivity contribution is 6.36. The van der Waals surface area contributed by atoms with Crippen molar-refractivity contribution in [2.45, 2.75) is 24.9 Å². The fraction of sp³-hybridized carbons (Fsp3) is 0.172. The van der Waals surface area contributed by atoms with Crippen molar-refractivity contribution >= 4 is 51.2 Å². The number of halogens is 3. The van der Waals surface area contributed by atoms with Gasteiger partial charge in [-0.25, -0.2) is 9.07 Å². The number of nitriles is 1. The van der Waals surface area contributed by atoms with Gasteiger partial charge < -0.3 is 15.4 Å². The minimum Gasteiger partial charge on any atom is -0.493 e. The summed E-state index contributed by atoms with van der Waals surface area (Å²) in [6.45, 7) is 0. The topological polar surface area (TPSA) is 101 Å². The van der Waals surface area contributed by atoms with Crippen molar-refractivity contribution in [3.63, 3.8) is 0 Å². The molecule has 5 aromatic rings. The van der Waals surface area contributed by atoms with Gasteiger partial charge in [0.25, 0.3) is 0 Å². The minimum atomic E-state index is -1.65. The lowest BCUT2D eigenvalue weighted by Gasteiger charge is -2.20. The maximum absolute atomic E-state index is 13.8. The first-order chi connectivity index (χ1) is 19.8. The van der Waals surface area contributed by atoms with Crippen LogP contribution < -0.4 is 15.4 Å². The molecule has 40 heavy (non-hydrogen) atoms. The zero-order valence-corrected chi connectivity index (χ0v) is 22.6. The monoisotopic (exact) mass is 574 g/mol. The van der Waals surface area contributed by atoms with Crippen molar-refractivity contribution in [3.8, 4) is 11.8 Å². The number of ether oxygens (including phenoxy) is 1. The zero-order chi connectivity index (χ0) is 28.7. The van der Waals surface area contributed by atoms with Crippen molar-refractivity contribution < 1.29 is 10.5 Å². The maximum atomic E-state index is 13.8. The van der Waals surface area contributed by atoms with Crippen LogP contribution in [0.15, 0.2) is 67.0 Å². The van der Waals surface area contributed by atoms with E-state index in [-0.39, 0.29) is 11.6 Å².